The van der Waals surface area contributed by atoms with Crippen molar-refractivity contribution in [1.82, 2.24) is 15.5 Å². The van der Waals surface area contributed by atoms with Crippen LogP contribution in [0.4, 0.5) is 0 Å². The van der Waals surface area contributed by atoms with Gasteiger partial charge in [-0.15, -0.1) is 0 Å². The monoisotopic (exact) mass is 213 g/mol. The molecule has 15 heavy (non-hydrogen) atoms. The second-order valence-corrected chi connectivity index (χ2v) is 4.50. The molecule has 0 saturated carbocycles. The Hall–Kier alpha value is -0.610. The lowest BCUT2D eigenvalue weighted by Gasteiger charge is -2.29. The van der Waals surface area contributed by atoms with E-state index in [1.165, 1.54) is 12.8 Å². The van der Waals surface area contributed by atoms with Crippen LogP contribution in [0.25, 0.3) is 0 Å². The standard InChI is InChI=1S/C11H23N3O/c1-9(12-2)11(15)13-8-10-4-6-14(3)7-5-10/h9-10,12H,4-8H2,1-3H3,(H,13,15). The summed E-state index contributed by atoms with van der Waals surface area (Å²) in [5.41, 5.74) is 0. The van der Waals surface area contributed by atoms with Gasteiger partial charge < -0.3 is 15.5 Å². The van der Waals surface area contributed by atoms with Gasteiger partial charge in [0.25, 0.3) is 0 Å². The lowest BCUT2D eigenvalue weighted by atomic mass is 9.97. The van der Waals surface area contributed by atoms with Crippen LogP contribution >= 0.6 is 0 Å². The molecule has 2 N–H and O–H groups in total. The predicted molar refractivity (Wildman–Crippen MR) is 61.8 cm³/mol. The van der Waals surface area contributed by atoms with Gasteiger partial charge >= 0.3 is 0 Å². The van der Waals surface area contributed by atoms with E-state index in [-0.39, 0.29) is 11.9 Å². The van der Waals surface area contributed by atoms with Crippen LogP contribution in [-0.2, 0) is 4.79 Å². The number of piperidine rings is 1. The van der Waals surface area contributed by atoms with E-state index in [0.717, 1.165) is 19.6 Å². The number of likely N-dealkylation sites (N-methyl/N-ethyl adjacent to an activating group) is 1. The summed E-state index contributed by atoms with van der Waals surface area (Å²) in [4.78, 5) is 13.8. The average Bonchev–Trinajstić information content (AvgIpc) is 2.26. The molecule has 0 aromatic rings. The van der Waals surface area contributed by atoms with Gasteiger partial charge in [-0.2, -0.15) is 0 Å². The molecule has 1 saturated heterocycles. The highest BCUT2D eigenvalue weighted by molar-refractivity contribution is 5.81. The van der Waals surface area contributed by atoms with Gasteiger partial charge in [-0.05, 0) is 52.9 Å². The molecule has 1 unspecified atom stereocenters. The van der Waals surface area contributed by atoms with Crippen molar-refractivity contribution in [3.63, 3.8) is 0 Å². The molecule has 1 atom stereocenters. The summed E-state index contributed by atoms with van der Waals surface area (Å²) in [5.74, 6) is 0.769. The first kappa shape index (κ1) is 12.5. The van der Waals surface area contributed by atoms with Crippen LogP contribution in [0.5, 0.6) is 0 Å². The quantitative estimate of drug-likeness (QED) is 0.694. The highest BCUT2D eigenvalue weighted by Crippen LogP contribution is 2.14. The molecule has 1 fully saturated rings. The van der Waals surface area contributed by atoms with E-state index in [4.69, 9.17) is 0 Å². The molecule has 0 aromatic heterocycles. The molecule has 0 aliphatic carbocycles. The predicted octanol–water partition coefficient (Wildman–Crippen LogP) is 0.0523. The molecule has 1 rings (SSSR count). The molecular weight excluding hydrogens is 190 g/mol. The molecule has 1 aliphatic heterocycles. The summed E-state index contributed by atoms with van der Waals surface area (Å²) in [6, 6.07) is -0.0868. The minimum absolute atomic E-state index is 0.0868. The third-order valence-electron chi connectivity index (χ3n) is 3.23. The molecule has 1 aliphatic rings. The zero-order chi connectivity index (χ0) is 11.3. The van der Waals surface area contributed by atoms with Crippen LogP contribution in [0.3, 0.4) is 0 Å². The number of carbonyl (C=O) groups is 1. The van der Waals surface area contributed by atoms with Gasteiger partial charge in [0.05, 0.1) is 6.04 Å². The Balaban J connectivity index is 2.17. The second-order valence-electron chi connectivity index (χ2n) is 4.50. The summed E-state index contributed by atoms with van der Waals surface area (Å²) in [6.07, 6.45) is 2.40. The number of nitrogens with zero attached hydrogens (tertiary/aromatic N) is 1. The first-order valence-corrected chi connectivity index (χ1v) is 5.77. The normalized spacial score (nSPS) is 21.3. The molecule has 4 nitrogen and oxygen atoms in total. The molecule has 0 radical (unpaired) electrons. The van der Waals surface area contributed by atoms with Crippen LogP contribution in [-0.4, -0.2) is 50.6 Å². The number of hydrogen-bond donors (Lipinski definition) is 2. The van der Waals surface area contributed by atoms with E-state index in [1.807, 2.05) is 6.92 Å². The molecule has 4 heteroatoms. The van der Waals surface area contributed by atoms with Crippen molar-refractivity contribution in [1.29, 1.82) is 0 Å². The number of carbonyl (C=O) groups excluding carboxylic acids is 1. The van der Waals surface area contributed by atoms with Gasteiger partial charge in [0, 0.05) is 6.54 Å². The van der Waals surface area contributed by atoms with Gasteiger partial charge in [0.15, 0.2) is 0 Å². The fourth-order valence-electron chi connectivity index (χ4n) is 1.80. The zero-order valence-corrected chi connectivity index (χ0v) is 10.0. The van der Waals surface area contributed by atoms with Crippen LogP contribution in [0, 0.1) is 5.92 Å². The van der Waals surface area contributed by atoms with Gasteiger partial charge in [-0.3, -0.25) is 4.79 Å². The van der Waals surface area contributed by atoms with Crippen molar-refractivity contribution in [2.24, 2.45) is 5.92 Å². The Morgan fingerprint density at radius 2 is 2.07 bits per heavy atom. The van der Waals surface area contributed by atoms with E-state index < -0.39 is 0 Å². The zero-order valence-electron chi connectivity index (χ0n) is 10.0. The Bertz CT molecular complexity index is 200. The van der Waals surface area contributed by atoms with E-state index in [9.17, 15) is 4.79 Å². The van der Waals surface area contributed by atoms with Crippen molar-refractivity contribution in [2.75, 3.05) is 33.7 Å². The Morgan fingerprint density at radius 1 is 1.47 bits per heavy atom. The number of likely N-dealkylation sites (tertiary alicyclic amines) is 1. The van der Waals surface area contributed by atoms with Gasteiger partial charge in [0.2, 0.25) is 5.91 Å². The highest BCUT2D eigenvalue weighted by atomic mass is 16.2. The fraction of sp³-hybridized carbons (Fsp3) is 0.909. The highest BCUT2D eigenvalue weighted by Gasteiger charge is 2.18. The topological polar surface area (TPSA) is 44.4 Å². The molecular formula is C11H23N3O. The maximum absolute atomic E-state index is 11.5. The molecule has 88 valence electrons. The third-order valence-corrected chi connectivity index (χ3v) is 3.23. The van der Waals surface area contributed by atoms with E-state index in [2.05, 4.69) is 22.6 Å². The van der Waals surface area contributed by atoms with E-state index in [1.54, 1.807) is 7.05 Å². The SMILES string of the molecule is CNC(C)C(=O)NCC1CCN(C)CC1. The van der Waals surface area contributed by atoms with Crippen molar-refractivity contribution < 1.29 is 4.79 Å². The third kappa shape index (κ3) is 4.18. The lowest BCUT2D eigenvalue weighted by Crippen LogP contribution is -2.43. The fourth-order valence-corrected chi connectivity index (χ4v) is 1.80. The first-order valence-electron chi connectivity index (χ1n) is 5.77. The maximum atomic E-state index is 11.5. The van der Waals surface area contributed by atoms with Crippen LogP contribution < -0.4 is 10.6 Å². The van der Waals surface area contributed by atoms with E-state index in [0.29, 0.717) is 5.92 Å². The second kappa shape index (κ2) is 6.08. The van der Waals surface area contributed by atoms with Crippen LogP contribution in [0.1, 0.15) is 19.8 Å². The van der Waals surface area contributed by atoms with Crippen LogP contribution in [0.15, 0.2) is 0 Å². The number of nitrogens with one attached hydrogen (secondary N) is 2. The minimum Gasteiger partial charge on any atom is -0.354 e. The first-order chi connectivity index (χ1) is 7.13. The number of amides is 1. The molecule has 1 amide bonds. The van der Waals surface area contributed by atoms with Gasteiger partial charge in [-0.25, -0.2) is 0 Å². The van der Waals surface area contributed by atoms with Crippen molar-refractivity contribution in [3.8, 4) is 0 Å². The smallest absolute Gasteiger partial charge is 0.236 e. The van der Waals surface area contributed by atoms with Crippen molar-refractivity contribution >= 4 is 5.91 Å². The number of hydrogen-bond acceptors (Lipinski definition) is 3. The summed E-state index contributed by atoms with van der Waals surface area (Å²) >= 11 is 0. The summed E-state index contributed by atoms with van der Waals surface area (Å²) in [6.45, 7) is 5.02. The number of rotatable bonds is 4. The maximum Gasteiger partial charge on any atom is 0.236 e. The summed E-state index contributed by atoms with van der Waals surface area (Å²) in [5, 5.41) is 5.94. The van der Waals surface area contributed by atoms with Crippen molar-refractivity contribution in [2.45, 2.75) is 25.8 Å². The molecule has 0 bridgehead atoms. The minimum atomic E-state index is -0.0868. The van der Waals surface area contributed by atoms with Crippen molar-refractivity contribution in [3.05, 3.63) is 0 Å². The Kier molecular flexibility index (Phi) is 5.05. The molecule has 0 aromatic carbocycles. The Labute approximate surface area is 92.4 Å². The average molecular weight is 213 g/mol. The summed E-state index contributed by atoms with van der Waals surface area (Å²) in [7, 11) is 3.96. The van der Waals surface area contributed by atoms with E-state index >= 15 is 0 Å². The lowest BCUT2D eigenvalue weighted by molar-refractivity contribution is -0.122. The van der Waals surface area contributed by atoms with Gasteiger partial charge in [0.1, 0.15) is 0 Å². The Morgan fingerprint density at radius 3 is 2.60 bits per heavy atom. The van der Waals surface area contributed by atoms with Gasteiger partial charge in [-0.1, -0.05) is 0 Å². The van der Waals surface area contributed by atoms with Crippen LogP contribution in [0.2, 0.25) is 0 Å². The largest absolute Gasteiger partial charge is 0.354 e. The molecule has 1 heterocycles. The summed E-state index contributed by atoms with van der Waals surface area (Å²) < 4.78 is 0. The molecule has 0 spiro atoms.